The summed E-state index contributed by atoms with van der Waals surface area (Å²) in [7, 11) is -3.38. The summed E-state index contributed by atoms with van der Waals surface area (Å²) in [5.41, 5.74) is 0. The van der Waals surface area contributed by atoms with Crippen molar-refractivity contribution in [2.24, 2.45) is 11.8 Å². The van der Waals surface area contributed by atoms with Gasteiger partial charge in [-0.25, -0.2) is 8.42 Å². The second-order valence-electron chi connectivity index (χ2n) is 6.53. The monoisotopic (exact) mass is 374 g/mol. The van der Waals surface area contributed by atoms with Crippen LogP contribution in [0.5, 0.6) is 5.75 Å². The molecular formula is C17H27ClN2O3S. The lowest BCUT2D eigenvalue weighted by Gasteiger charge is -2.17. The van der Waals surface area contributed by atoms with Crippen molar-refractivity contribution in [3.63, 3.8) is 0 Å². The molecule has 0 aliphatic carbocycles. The van der Waals surface area contributed by atoms with Gasteiger partial charge in [-0.2, -0.15) is 4.31 Å². The average Bonchev–Trinajstić information content (AvgIpc) is 3.14. The lowest BCUT2D eigenvalue weighted by Crippen LogP contribution is -2.31. The summed E-state index contributed by atoms with van der Waals surface area (Å²) >= 11 is 0. The molecule has 0 spiro atoms. The lowest BCUT2D eigenvalue weighted by atomic mass is 10.0. The zero-order chi connectivity index (χ0) is 16.3. The molecule has 5 nitrogen and oxygen atoms in total. The van der Waals surface area contributed by atoms with Gasteiger partial charge < -0.3 is 10.1 Å². The van der Waals surface area contributed by atoms with E-state index in [2.05, 4.69) is 12.2 Å². The van der Waals surface area contributed by atoms with E-state index in [1.165, 1.54) is 0 Å². The molecule has 0 bridgehead atoms. The fourth-order valence-electron chi connectivity index (χ4n) is 3.41. The van der Waals surface area contributed by atoms with Crippen LogP contribution in [-0.4, -0.2) is 45.5 Å². The van der Waals surface area contributed by atoms with Crippen molar-refractivity contribution in [2.45, 2.75) is 31.1 Å². The van der Waals surface area contributed by atoms with E-state index in [4.69, 9.17) is 4.74 Å². The third-order valence-corrected chi connectivity index (χ3v) is 6.68. The quantitative estimate of drug-likeness (QED) is 0.745. The van der Waals surface area contributed by atoms with Gasteiger partial charge in [0.15, 0.2) is 0 Å². The van der Waals surface area contributed by atoms with E-state index in [0.29, 0.717) is 36.4 Å². The van der Waals surface area contributed by atoms with E-state index in [-0.39, 0.29) is 12.4 Å². The number of fused-ring (bicyclic) bond motifs is 1. The van der Waals surface area contributed by atoms with Crippen LogP contribution < -0.4 is 10.1 Å². The van der Waals surface area contributed by atoms with Gasteiger partial charge in [-0.15, -0.1) is 12.4 Å². The fraction of sp³-hybridized carbons (Fsp3) is 0.647. The Morgan fingerprint density at radius 1 is 1.12 bits per heavy atom. The van der Waals surface area contributed by atoms with Crippen molar-refractivity contribution in [3.8, 4) is 5.75 Å². The summed E-state index contributed by atoms with van der Waals surface area (Å²) in [5.74, 6) is 1.67. The Kier molecular flexibility index (Phi) is 6.92. The van der Waals surface area contributed by atoms with Crippen LogP contribution in [0.4, 0.5) is 0 Å². The number of nitrogens with one attached hydrogen (secondary N) is 1. The van der Waals surface area contributed by atoms with Crippen molar-refractivity contribution >= 4 is 22.4 Å². The fourth-order valence-corrected chi connectivity index (χ4v) is 4.96. The van der Waals surface area contributed by atoms with Crippen LogP contribution in [0.2, 0.25) is 0 Å². The molecule has 24 heavy (non-hydrogen) atoms. The highest BCUT2D eigenvalue weighted by Crippen LogP contribution is 2.31. The average molecular weight is 375 g/mol. The normalized spacial score (nSPS) is 23.7. The van der Waals surface area contributed by atoms with E-state index in [0.717, 1.165) is 38.1 Å². The van der Waals surface area contributed by atoms with Crippen LogP contribution in [0.15, 0.2) is 29.2 Å². The SMILES string of the molecule is CCCCCOc1ccc(S(=O)(=O)N2C[C@H]3CNC[C@H]3C2)cc1.Cl. The summed E-state index contributed by atoms with van der Waals surface area (Å²) in [4.78, 5) is 0.367. The summed E-state index contributed by atoms with van der Waals surface area (Å²) < 4.78 is 32.8. The molecule has 1 N–H and O–H groups in total. The summed E-state index contributed by atoms with van der Waals surface area (Å²) in [6.45, 7) is 5.97. The van der Waals surface area contributed by atoms with Crippen LogP contribution in [-0.2, 0) is 10.0 Å². The molecule has 2 atom stereocenters. The van der Waals surface area contributed by atoms with E-state index in [1.807, 2.05) is 0 Å². The van der Waals surface area contributed by atoms with Crippen molar-refractivity contribution in [1.82, 2.24) is 9.62 Å². The molecule has 2 aliphatic rings. The largest absolute Gasteiger partial charge is 0.494 e. The molecule has 0 aromatic heterocycles. The Hall–Kier alpha value is -0.820. The number of benzene rings is 1. The van der Waals surface area contributed by atoms with Gasteiger partial charge in [0.2, 0.25) is 10.0 Å². The van der Waals surface area contributed by atoms with Gasteiger partial charge in [0.05, 0.1) is 11.5 Å². The van der Waals surface area contributed by atoms with E-state index < -0.39 is 10.0 Å². The number of unbranched alkanes of at least 4 members (excludes halogenated alkanes) is 2. The summed E-state index contributed by atoms with van der Waals surface area (Å²) in [6.07, 6.45) is 3.34. The second kappa shape index (κ2) is 8.52. The Balaban J connectivity index is 0.00000208. The number of hydrogen-bond donors (Lipinski definition) is 1. The van der Waals surface area contributed by atoms with E-state index in [9.17, 15) is 8.42 Å². The Morgan fingerprint density at radius 3 is 2.33 bits per heavy atom. The highest BCUT2D eigenvalue weighted by atomic mass is 35.5. The van der Waals surface area contributed by atoms with Gasteiger partial charge >= 0.3 is 0 Å². The Labute approximate surface area is 151 Å². The third-order valence-electron chi connectivity index (χ3n) is 4.83. The van der Waals surface area contributed by atoms with Gasteiger partial charge in [-0.3, -0.25) is 0 Å². The van der Waals surface area contributed by atoms with Crippen molar-refractivity contribution < 1.29 is 13.2 Å². The second-order valence-corrected chi connectivity index (χ2v) is 8.47. The van der Waals surface area contributed by atoms with Crippen LogP contribution in [0.1, 0.15) is 26.2 Å². The first-order chi connectivity index (χ1) is 11.1. The molecule has 0 saturated carbocycles. The maximum absolute atomic E-state index is 12.7. The van der Waals surface area contributed by atoms with Gasteiger partial charge in [0.1, 0.15) is 5.75 Å². The maximum Gasteiger partial charge on any atom is 0.243 e. The number of halogens is 1. The van der Waals surface area contributed by atoms with Crippen molar-refractivity contribution in [2.75, 3.05) is 32.8 Å². The lowest BCUT2D eigenvalue weighted by molar-refractivity contribution is 0.306. The van der Waals surface area contributed by atoms with Gasteiger partial charge in [-0.05, 0) is 55.6 Å². The zero-order valence-electron chi connectivity index (χ0n) is 14.1. The molecule has 0 amide bonds. The number of hydrogen-bond acceptors (Lipinski definition) is 4. The molecule has 2 fully saturated rings. The minimum atomic E-state index is -3.38. The molecule has 1 aromatic carbocycles. The van der Waals surface area contributed by atoms with E-state index in [1.54, 1.807) is 28.6 Å². The topological polar surface area (TPSA) is 58.6 Å². The third kappa shape index (κ3) is 4.23. The highest BCUT2D eigenvalue weighted by Gasteiger charge is 2.41. The molecule has 7 heteroatoms. The molecular weight excluding hydrogens is 348 g/mol. The molecule has 3 rings (SSSR count). The molecule has 0 radical (unpaired) electrons. The molecule has 2 aliphatic heterocycles. The smallest absolute Gasteiger partial charge is 0.243 e. The van der Waals surface area contributed by atoms with Crippen LogP contribution in [0.25, 0.3) is 0 Å². The zero-order valence-corrected chi connectivity index (χ0v) is 15.7. The number of sulfonamides is 1. The number of ether oxygens (including phenoxy) is 1. The number of rotatable bonds is 7. The summed E-state index contributed by atoms with van der Waals surface area (Å²) in [5, 5.41) is 3.33. The minimum Gasteiger partial charge on any atom is -0.494 e. The number of nitrogens with zero attached hydrogens (tertiary/aromatic N) is 1. The van der Waals surface area contributed by atoms with Gasteiger partial charge in [0, 0.05) is 13.1 Å². The maximum atomic E-state index is 12.7. The van der Waals surface area contributed by atoms with Gasteiger partial charge in [-0.1, -0.05) is 19.8 Å². The van der Waals surface area contributed by atoms with Crippen LogP contribution in [0.3, 0.4) is 0 Å². The van der Waals surface area contributed by atoms with Crippen molar-refractivity contribution in [1.29, 1.82) is 0 Å². The Morgan fingerprint density at radius 2 is 1.75 bits per heavy atom. The first-order valence-electron chi connectivity index (χ1n) is 8.55. The molecule has 1 aromatic rings. The Bertz CT molecular complexity index is 609. The van der Waals surface area contributed by atoms with Crippen LogP contribution >= 0.6 is 12.4 Å². The molecule has 136 valence electrons. The highest BCUT2D eigenvalue weighted by molar-refractivity contribution is 7.89. The van der Waals surface area contributed by atoms with Crippen LogP contribution in [0, 0.1) is 11.8 Å². The predicted molar refractivity (Wildman–Crippen MR) is 97.3 cm³/mol. The predicted octanol–water partition coefficient (Wildman–Crippen LogP) is 2.52. The molecule has 0 unspecified atom stereocenters. The minimum absolute atomic E-state index is 0. The van der Waals surface area contributed by atoms with Gasteiger partial charge in [0.25, 0.3) is 0 Å². The first-order valence-corrected chi connectivity index (χ1v) is 9.99. The van der Waals surface area contributed by atoms with Crippen molar-refractivity contribution in [3.05, 3.63) is 24.3 Å². The first kappa shape index (κ1) is 19.5. The summed E-state index contributed by atoms with van der Waals surface area (Å²) in [6, 6.07) is 6.85. The molecule has 2 heterocycles. The van der Waals surface area contributed by atoms with E-state index >= 15 is 0 Å². The molecule has 2 saturated heterocycles. The standard InChI is InChI=1S/C17H26N2O3S.ClH/c1-2-3-4-9-22-16-5-7-17(8-6-16)23(20,21)19-12-14-10-18-11-15(14)13-19;/h5-8,14-15,18H,2-4,9-13H2,1H3;1H/t14-,15+;.